The predicted molar refractivity (Wildman–Crippen MR) is 71.7 cm³/mol. The fourth-order valence-electron chi connectivity index (χ4n) is 1.46. The van der Waals surface area contributed by atoms with Gasteiger partial charge in [0.2, 0.25) is 5.91 Å². The van der Waals surface area contributed by atoms with E-state index in [1.807, 2.05) is 5.32 Å². The minimum absolute atomic E-state index is 0.377. The molecule has 0 radical (unpaired) electrons. The van der Waals surface area contributed by atoms with Gasteiger partial charge in [0.25, 0.3) is 0 Å². The summed E-state index contributed by atoms with van der Waals surface area (Å²) >= 11 is 0.377. The van der Waals surface area contributed by atoms with Crippen molar-refractivity contribution in [2.24, 2.45) is 11.8 Å². The van der Waals surface area contributed by atoms with Gasteiger partial charge in [0.1, 0.15) is 12.0 Å². The molecule has 0 bridgehead atoms. The van der Waals surface area contributed by atoms with Crippen LogP contribution >= 0.6 is 11.8 Å². The van der Waals surface area contributed by atoms with Gasteiger partial charge in [-0.3, -0.25) is 9.59 Å². The zero-order valence-corrected chi connectivity index (χ0v) is 12.7. The van der Waals surface area contributed by atoms with Crippen molar-refractivity contribution < 1.29 is 32.7 Å². The molecule has 0 heterocycles. The highest BCUT2D eigenvalue weighted by Crippen LogP contribution is 2.30. The van der Waals surface area contributed by atoms with E-state index in [4.69, 9.17) is 5.11 Å². The van der Waals surface area contributed by atoms with Crippen molar-refractivity contribution in [1.29, 1.82) is 0 Å². The highest BCUT2D eigenvalue weighted by Gasteiger charge is 2.46. The van der Waals surface area contributed by atoms with Crippen LogP contribution in [-0.4, -0.2) is 40.1 Å². The fraction of sp³-hybridized carbons (Fsp3) is 0.750. The van der Waals surface area contributed by atoms with Crippen LogP contribution in [0.4, 0.5) is 13.2 Å². The van der Waals surface area contributed by atoms with E-state index >= 15 is 0 Å². The Kier molecular flexibility index (Phi) is 7.76. The van der Waals surface area contributed by atoms with Crippen molar-refractivity contribution in [1.82, 2.24) is 5.32 Å². The predicted octanol–water partition coefficient (Wildman–Crippen LogP) is 2.06. The molecule has 5 nitrogen and oxygen atoms in total. The average Bonchev–Trinajstić information content (AvgIpc) is 2.32. The summed E-state index contributed by atoms with van der Waals surface area (Å²) in [6, 6.07) is -1.39. The number of rotatable bonds is 7. The molecular formula is C12H18F3NO4S. The van der Waals surface area contributed by atoms with Gasteiger partial charge in [-0.2, -0.15) is 13.2 Å². The van der Waals surface area contributed by atoms with Crippen molar-refractivity contribution in [2.75, 3.05) is 5.75 Å². The van der Waals surface area contributed by atoms with Gasteiger partial charge < -0.3 is 10.4 Å². The second kappa shape index (κ2) is 8.26. The zero-order valence-electron chi connectivity index (χ0n) is 11.9. The first-order valence-electron chi connectivity index (χ1n) is 6.23. The fourth-order valence-corrected chi connectivity index (χ4v) is 2.20. The number of carbonyl (C=O) groups excluding carboxylic acids is 2. The van der Waals surface area contributed by atoms with Gasteiger partial charge in [0.15, 0.2) is 5.12 Å². The van der Waals surface area contributed by atoms with E-state index in [-0.39, 0.29) is 0 Å². The maximum Gasteiger partial charge on any atom is 0.401 e. The standard InChI is InChI=1S/C12H18F3NO4S/c1-4-6(2)9(11(19)20)16-10(18)8(12(13,14)15)5-21-7(3)17/h6,8-9H,4-5H2,1-3H3,(H,16,18)(H,19,20)/t6-,8+,9-/m0/s1. The maximum absolute atomic E-state index is 12.8. The Morgan fingerprint density at radius 3 is 2.14 bits per heavy atom. The third kappa shape index (κ3) is 6.83. The molecule has 0 saturated carbocycles. The molecule has 122 valence electrons. The van der Waals surface area contributed by atoms with Crippen molar-refractivity contribution in [2.45, 2.75) is 39.4 Å². The maximum atomic E-state index is 12.8. The lowest BCUT2D eigenvalue weighted by Gasteiger charge is -2.24. The van der Waals surface area contributed by atoms with Gasteiger partial charge in [-0.25, -0.2) is 4.79 Å². The van der Waals surface area contributed by atoms with Gasteiger partial charge in [-0.05, 0) is 5.92 Å². The Balaban J connectivity index is 5.02. The minimum atomic E-state index is -4.84. The van der Waals surface area contributed by atoms with Gasteiger partial charge >= 0.3 is 12.1 Å². The zero-order chi connectivity index (χ0) is 16.8. The molecule has 0 fully saturated rings. The topological polar surface area (TPSA) is 83.5 Å². The number of amides is 1. The third-order valence-corrected chi connectivity index (χ3v) is 3.85. The van der Waals surface area contributed by atoms with Crippen molar-refractivity contribution >= 4 is 28.8 Å². The number of hydrogen-bond acceptors (Lipinski definition) is 4. The Hall–Kier alpha value is -1.25. The van der Waals surface area contributed by atoms with Crippen LogP contribution in [-0.2, 0) is 14.4 Å². The molecule has 0 aromatic heterocycles. The monoisotopic (exact) mass is 329 g/mol. The summed E-state index contributed by atoms with van der Waals surface area (Å²) in [5.74, 6) is -6.52. The van der Waals surface area contributed by atoms with Crippen LogP contribution in [0.3, 0.4) is 0 Å². The minimum Gasteiger partial charge on any atom is -0.480 e. The smallest absolute Gasteiger partial charge is 0.401 e. The second-order valence-electron chi connectivity index (χ2n) is 4.61. The summed E-state index contributed by atoms with van der Waals surface area (Å²) in [6.07, 6.45) is -4.46. The molecule has 0 rings (SSSR count). The molecule has 0 aliphatic rings. The van der Waals surface area contributed by atoms with Gasteiger partial charge in [0, 0.05) is 12.7 Å². The van der Waals surface area contributed by atoms with Crippen LogP contribution in [0.2, 0.25) is 0 Å². The van der Waals surface area contributed by atoms with Crippen LogP contribution < -0.4 is 5.32 Å². The first-order valence-corrected chi connectivity index (χ1v) is 7.22. The third-order valence-electron chi connectivity index (χ3n) is 2.94. The molecule has 0 unspecified atom stereocenters. The van der Waals surface area contributed by atoms with Crippen LogP contribution in [0.1, 0.15) is 27.2 Å². The molecule has 1 amide bonds. The van der Waals surface area contributed by atoms with Crippen molar-refractivity contribution in [3.05, 3.63) is 0 Å². The van der Waals surface area contributed by atoms with Crippen molar-refractivity contribution in [3.63, 3.8) is 0 Å². The number of alkyl halides is 3. The molecule has 0 aliphatic carbocycles. The number of aliphatic carboxylic acids is 1. The van der Waals surface area contributed by atoms with E-state index in [9.17, 15) is 27.6 Å². The lowest BCUT2D eigenvalue weighted by atomic mass is 9.98. The Morgan fingerprint density at radius 2 is 1.81 bits per heavy atom. The van der Waals surface area contributed by atoms with Crippen LogP contribution in [0.15, 0.2) is 0 Å². The lowest BCUT2D eigenvalue weighted by molar-refractivity contribution is -0.179. The molecule has 2 N–H and O–H groups in total. The Bertz CT molecular complexity index is 400. The summed E-state index contributed by atoms with van der Waals surface area (Å²) in [7, 11) is 0. The molecule has 0 aliphatic heterocycles. The largest absolute Gasteiger partial charge is 0.480 e. The van der Waals surface area contributed by atoms with Crippen LogP contribution in [0.25, 0.3) is 0 Å². The summed E-state index contributed by atoms with van der Waals surface area (Å²) in [5.41, 5.74) is 0. The second-order valence-corrected chi connectivity index (χ2v) is 5.80. The number of nitrogens with one attached hydrogen (secondary N) is 1. The summed E-state index contributed by atoms with van der Waals surface area (Å²) in [5, 5.41) is 10.3. The van der Waals surface area contributed by atoms with Crippen LogP contribution in [0, 0.1) is 11.8 Å². The quantitative estimate of drug-likeness (QED) is 0.747. The van der Waals surface area contributed by atoms with Gasteiger partial charge in [0.05, 0.1) is 0 Å². The molecule has 0 aromatic carbocycles. The van der Waals surface area contributed by atoms with Crippen molar-refractivity contribution in [3.8, 4) is 0 Å². The van der Waals surface area contributed by atoms with E-state index in [2.05, 4.69) is 0 Å². The van der Waals surface area contributed by atoms with E-state index in [1.54, 1.807) is 6.92 Å². The summed E-state index contributed by atoms with van der Waals surface area (Å²) in [6.45, 7) is 4.28. The molecular weight excluding hydrogens is 311 g/mol. The molecule has 0 spiro atoms. The van der Waals surface area contributed by atoms with E-state index in [1.165, 1.54) is 6.92 Å². The normalized spacial score (nSPS) is 15.9. The van der Waals surface area contributed by atoms with Gasteiger partial charge in [-0.1, -0.05) is 32.0 Å². The number of carbonyl (C=O) groups is 3. The summed E-state index contributed by atoms with van der Waals surface area (Å²) in [4.78, 5) is 33.5. The average molecular weight is 329 g/mol. The molecule has 0 saturated heterocycles. The molecule has 9 heteroatoms. The highest BCUT2D eigenvalue weighted by atomic mass is 32.2. The van der Waals surface area contributed by atoms with Crippen LogP contribution in [0.5, 0.6) is 0 Å². The first kappa shape index (κ1) is 19.8. The number of carboxylic acids is 1. The first-order chi connectivity index (χ1) is 9.50. The Morgan fingerprint density at radius 1 is 1.29 bits per heavy atom. The van der Waals surface area contributed by atoms with E-state index in [0.29, 0.717) is 18.2 Å². The number of thioether (sulfide) groups is 1. The summed E-state index contributed by atoms with van der Waals surface area (Å²) < 4.78 is 38.5. The Labute approximate surface area is 124 Å². The molecule has 3 atom stereocenters. The molecule has 21 heavy (non-hydrogen) atoms. The van der Waals surface area contributed by atoms with E-state index < -0.39 is 46.8 Å². The SMILES string of the molecule is CC[C@H](C)[C@H](NC(=O)[C@@H](CSC(C)=O)C(F)(F)F)C(=O)O. The number of hydrogen-bond donors (Lipinski definition) is 2. The number of carboxylic acid groups (broad SMARTS) is 1. The van der Waals surface area contributed by atoms with E-state index in [0.717, 1.165) is 6.92 Å². The number of halogens is 3. The van der Waals surface area contributed by atoms with Gasteiger partial charge in [-0.15, -0.1) is 0 Å². The highest BCUT2D eigenvalue weighted by molar-refractivity contribution is 8.13. The molecule has 0 aromatic rings. The lowest BCUT2D eigenvalue weighted by Crippen LogP contribution is -2.50.